The van der Waals surface area contributed by atoms with E-state index in [0.717, 1.165) is 19.4 Å². The van der Waals surface area contributed by atoms with E-state index < -0.39 is 0 Å². The molecule has 0 fully saturated rings. The lowest BCUT2D eigenvalue weighted by Gasteiger charge is -2.23. The Kier molecular flexibility index (Phi) is 10.3. The molecule has 1 atom stereocenters. The van der Waals surface area contributed by atoms with Crippen LogP contribution in [-0.2, 0) is 0 Å². The summed E-state index contributed by atoms with van der Waals surface area (Å²) in [6.45, 7) is 14.6. The minimum atomic E-state index is 0. The number of rotatable bonds is 7. The van der Waals surface area contributed by atoms with Crippen molar-refractivity contribution in [2.24, 2.45) is 0 Å². The van der Waals surface area contributed by atoms with Crippen molar-refractivity contribution in [2.75, 3.05) is 13.6 Å². The van der Waals surface area contributed by atoms with Gasteiger partial charge in [0.2, 0.25) is 0 Å². The van der Waals surface area contributed by atoms with E-state index in [2.05, 4.69) is 33.7 Å². The Morgan fingerprint density at radius 2 is 1.71 bits per heavy atom. The highest BCUT2D eigenvalue weighted by molar-refractivity contribution is 4.88. The maximum absolute atomic E-state index is 3.93. The molecule has 1 N–H and O–H groups in total. The van der Waals surface area contributed by atoms with E-state index in [1.807, 2.05) is 12.2 Å². The van der Waals surface area contributed by atoms with Gasteiger partial charge in [-0.15, -0.1) is 13.2 Å². The largest absolute Gasteiger partial charge is 1.00 e. The fraction of sp³-hybridized carbons (Fsp3) is 0.500. The van der Waals surface area contributed by atoms with Crippen LogP contribution < -0.4 is 17.3 Å². The van der Waals surface area contributed by atoms with Crippen molar-refractivity contribution in [3.8, 4) is 0 Å². The Morgan fingerprint density at radius 3 is 2.00 bits per heavy atom. The van der Waals surface area contributed by atoms with E-state index in [-0.39, 0.29) is 12.4 Å². The van der Waals surface area contributed by atoms with Crippen LogP contribution in [0.15, 0.2) is 37.5 Å². The molecule has 14 heavy (non-hydrogen) atoms. The van der Waals surface area contributed by atoms with Crippen molar-refractivity contribution in [3.05, 3.63) is 37.5 Å². The van der Waals surface area contributed by atoms with Crippen LogP contribution in [0.1, 0.15) is 19.8 Å². The molecule has 0 radical (unpaired) electrons. The predicted molar refractivity (Wildman–Crippen MR) is 60.0 cm³/mol. The molecule has 2 heteroatoms. The minimum absolute atomic E-state index is 0. The van der Waals surface area contributed by atoms with Crippen LogP contribution in [0.3, 0.4) is 0 Å². The zero-order valence-corrected chi connectivity index (χ0v) is 10.1. The second-order valence-corrected chi connectivity index (χ2v) is 3.73. The van der Waals surface area contributed by atoms with Gasteiger partial charge < -0.3 is 17.3 Å². The SMILES string of the molecule is C=CCC(CC=C)[NH+](C)CC(=C)C.[Cl-]. The normalized spacial score (nSPS) is 11.6. The van der Waals surface area contributed by atoms with Gasteiger partial charge in [-0.3, -0.25) is 0 Å². The van der Waals surface area contributed by atoms with Crippen molar-refractivity contribution in [1.82, 2.24) is 0 Å². The number of halogens is 1. The minimum Gasteiger partial charge on any atom is -1.00 e. The number of likely N-dealkylation sites (N-methyl/N-ethyl adjacent to an activating group) is 1. The summed E-state index contributed by atoms with van der Waals surface area (Å²) in [7, 11) is 2.20. The van der Waals surface area contributed by atoms with Crippen LogP contribution in [0.4, 0.5) is 0 Å². The van der Waals surface area contributed by atoms with Crippen molar-refractivity contribution < 1.29 is 17.3 Å². The second-order valence-electron chi connectivity index (χ2n) is 3.73. The first-order chi connectivity index (χ1) is 6.11. The van der Waals surface area contributed by atoms with Crippen molar-refractivity contribution in [3.63, 3.8) is 0 Å². The van der Waals surface area contributed by atoms with E-state index in [1.165, 1.54) is 10.5 Å². The van der Waals surface area contributed by atoms with Gasteiger partial charge in [0.1, 0.15) is 0 Å². The second kappa shape index (κ2) is 9.04. The molecule has 1 unspecified atom stereocenters. The molecule has 0 heterocycles. The number of quaternary nitrogens is 1. The molecule has 1 nitrogen and oxygen atoms in total. The predicted octanol–water partition coefficient (Wildman–Crippen LogP) is -1.40. The number of hydrogen-bond donors (Lipinski definition) is 1. The van der Waals surface area contributed by atoms with E-state index in [9.17, 15) is 0 Å². The molecule has 0 aromatic heterocycles. The third kappa shape index (κ3) is 6.93. The Balaban J connectivity index is 0. The summed E-state index contributed by atoms with van der Waals surface area (Å²) in [5.41, 5.74) is 1.23. The summed E-state index contributed by atoms with van der Waals surface area (Å²) >= 11 is 0. The maximum Gasteiger partial charge on any atom is 0.0982 e. The summed E-state index contributed by atoms with van der Waals surface area (Å²) in [4.78, 5) is 1.49. The number of nitrogens with one attached hydrogen (secondary N) is 1. The van der Waals surface area contributed by atoms with Crippen LogP contribution in [-0.4, -0.2) is 19.6 Å². The fourth-order valence-electron chi connectivity index (χ4n) is 1.52. The van der Waals surface area contributed by atoms with Crippen molar-refractivity contribution in [1.29, 1.82) is 0 Å². The molecular weight excluding hydrogens is 194 g/mol. The molecule has 0 aromatic rings. The lowest BCUT2D eigenvalue weighted by Crippen LogP contribution is -3.13. The molecular formula is C12H22ClN. The molecule has 0 aromatic carbocycles. The van der Waals surface area contributed by atoms with Crippen LogP contribution in [0.2, 0.25) is 0 Å². The van der Waals surface area contributed by atoms with Crippen LogP contribution in [0, 0.1) is 0 Å². The molecule has 82 valence electrons. The lowest BCUT2D eigenvalue weighted by molar-refractivity contribution is -0.900. The first kappa shape index (κ1) is 15.9. The van der Waals surface area contributed by atoms with E-state index in [1.54, 1.807) is 0 Å². The topological polar surface area (TPSA) is 4.44 Å². The van der Waals surface area contributed by atoms with Gasteiger partial charge in [-0.1, -0.05) is 18.7 Å². The molecule has 0 saturated carbocycles. The Morgan fingerprint density at radius 1 is 1.29 bits per heavy atom. The fourth-order valence-corrected chi connectivity index (χ4v) is 1.52. The molecule has 0 aliphatic rings. The van der Waals surface area contributed by atoms with E-state index in [0.29, 0.717) is 6.04 Å². The number of hydrogen-bond acceptors (Lipinski definition) is 0. The Bertz CT molecular complexity index is 177. The highest BCUT2D eigenvalue weighted by atomic mass is 35.5. The zero-order chi connectivity index (χ0) is 10.3. The summed E-state index contributed by atoms with van der Waals surface area (Å²) in [6.07, 6.45) is 6.06. The molecule has 0 spiro atoms. The summed E-state index contributed by atoms with van der Waals surface area (Å²) in [5, 5.41) is 0. The maximum atomic E-state index is 3.93. The summed E-state index contributed by atoms with van der Waals surface area (Å²) < 4.78 is 0. The highest BCUT2D eigenvalue weighted by Crippen LogP contribution is 1.95. The van der Waals surface area contributed by atoms with Gasteiger partial charge in [-0.05, 0) is 12.5 Å². The van der Waals surface area contributed by atoms with Gasteiger partial charge in [0.05, 0.1) is 19.6 Å². The Labute approximate surface area is 94.6 Å². The summed E-state index contributed by atoms with van der Waals surface area (Å²) in [5.74, 6) is 0. The average molecular weight is 216 g/mol. The van der Waals surface area contributed by atoms with Crippen molar-refractivity contribution in [2.45, 2.75) is 25.8 Å². The smallest absolute Gasteiger partial charge is 0.0982 e. The first-order valence-corrected chi connectivity index (χ1v) is 4.80. The third-order valence-electron chi connectivity index (χ3n) is 2.18. The zero-order valence-electron chi connectivity index (χ0n) is 9.35. The molecule has 0 rings (SSSR count). The molecule has 0 saturated heterocycles. The first-order valence-electron chi connectivity index (χ1n) is 4.80. The van der Waals surface area contributed by atoms with Gasteiger partial charge in [0.25, 0.3) is 0 Å². The van der Waals surface area contributed by atoms with Crippen molar-refractivity contribution >= 4 is 0 Å². The van der Waals surface area contributed by atoms with Gasteiger partial charge in [-0.2, -0.15) is 0 Å². The molecule has 0 bridgehead atoms. The monoisotopic (exact) mass is 215 g/mol. The molecule has 0 amide bonds. The quantitative estimate of drug-likeness (QED) is 0.499. The summed E-state index contributed by atoms with van der Waals surface area (Å²) in [6, 6.07) is 0.603. The molecule has 0 aliphatic heterocycles. The van der Waals surface area contributed by atoms with Gasteiger partial charge in [0, 0.05) is 12.8 Å². The van der Waals surface area contributed by atoms with Gasteiger partial charge >= 0.3 is 0 Å². The molecule has 0 aliphatic carbocycles. The van der Waals surface area contributed by atoms with Crippen LogP contribution >= 0.6 is 0 Å². The van der Waals surface area contributed by atoms with E-state index in [4.69, 9.17) is 0 Å². The van der Waals surface area contributed by atoms with E-state index >= 15 is 0 Å². The third-order valence-corrected chi connectivity index (χ3v) is 2.18. The van der Waals surface area contributed by atoms with Crippen LogP contribution in [0.5, 0.6) is 0 Å². The average Bonchev–Trinajstić information content (AvgIpc) is 2.02. The lowest BCUT2D eigenvalue weighted by atomic mass is 10.1. The van der Waals surface area contributed by atoms with Gasteiger partial charge in [0.15, 0.2) is 0 Å². The van der Waals surface area contributed by atoms with Gasteiger partial charge in [-0.25, -0.2) is 0 Å². The standard InChI is InChI=1S/C12H21N.ClH/c1-6-8-12(9-7-2)13(5)10-11(3)4;/h6-7,12H,1-3,8-10H2,4-5H3;1H. The Hall–Kier alpha value is -0.530. The van der Waals surface area contributed by atoms with Crippen LogP contribution in [0.25, 0.3) is 0 Å². The highest BCUT2D eigenvalue weighted by Gasteiger charge is 2.14.